The molecule has 2 N–H and O–H groups in total. The number of nitrogens with one attached hydrogen (secondary N) is 2. The molecule has 0 saturated carbocycles. The van der Waals surface area contributed by atoms with Crippen LogP contribution >= 0.6 is 12.4 Å². The second-order valence-electron chi connectivity index (χ2n) is 6.37. The van der Waals surface area contributed by atoms with E-state index in [1.54, 1.807) is 6.07 Å². The maximum atomic E-state index is 12.6. The number of likely N-dealkylation sites (tertiary alicyclic amines) is 1. The van der Waals surface area contributed by atoms with Crippen molar-refractivity contribution < 1.29 is 4.79 Å². The summed E-state index contributed by atoms with van der Waals surface area (Å²) in [6.07, 6.45) is 0. The Balaban J connectivity index is 0.00000169. The Hall–Kier alpha value is -2.11. The number of hydrogen-bond acceptors (Lipinski definition) is 3. The summed E-state index contributed by atoms with van der Waals surface area (Å²) in [6, 6.07) is 13.1. The summed E-state index contributed by atoms with van der Waals surface area (Å²) in [5, 5.41) is 3.35. The Morgan fingerprint density at radius 2 is 1.67 bits per heavy atom. The fraction of sp³-hybridized carbons (Fsp3) is 0.333. The molecule has 1 aromatic carbocycles. The summed E-state index contributed by atoms with van der Waals surface area (Å²) < 4.78 is 0. The lowest BCUT2D eigenvalue weighted by Gasteiger charge is -2.17. The highest BCUT2D eigenvalue weighted by molar-refractivity contribution is 5.94. The van der Waals surface area contributed by atoms with E-state index in [2.05, 4.69) is 10.3 Å². The number of carbonyl (C=O) groups is 1. The SMILES string of the molecule is Cl.O=C(c1ccc(-c2ccccc2)[nH]c1=O)N1C[C@H]2CNC[C@H]2C1. The Bertz CT molecular complexity index is 778. The van der Waals surface area contributed by atoms with Crippen molar-refractivity contribution in [3.63, 3.8) is 0 Å². The molecule has 2 aromatic rings. The second-order valence-corrected chi connectivity index (χ2v) is 6.37. The van der Waals surface area contributed by atoms with Crippen LogP contribution in [0.4, 0.5) is 0 Å². The van der Waals surface area contributed by atoms with E-state index in [1.165, 1.54) is 0 Å². The van der Waals surface area contributed by atoms with E-state index in [9.17, 15) is 9.59 Å². The van der Waals surface area contributed by atoms with Crippen LogP contribution in [0.3, 0.4) is 0 Å². The summed E-state index contributed by atoms with van der Waals surface area (Å²) in [5.74, 6) is 0.906. The fourth-order valence-corrected chi connectivity index (χ4v) is 3.62. The highest BCUT2D eigenvalue weighted by atomic mass is 35.5. The van der Waals surface area contributed by atoms with Crippen LogP contribution < -0.4 is 10.9 Å². The first-order chi connectivity index (χ1) is 11.2. The van der Waals surface area contributed by atoms with Crippen molar-refractivity contribution in [1.82, 2.24) is 15.2 Å². The summed E-state index contributed by atoms with van der Waals surface area (Å²) in [5.41, 5.74) is 1.59. The van der Waals surface area contributed by atoms with Crippen LogP contribution in [0.2, 0.25) is 0 Å². The number of halogens is 1. The van der Waals surface area contributed by atoms with Gasteiger partial charge in [0.1, 0.15) is 5.56 Å². The molecule has 3 heterocycles. The maximum Gasteiger partial charge on any atom is 0.261 e. The van der Waals surface area contributed by atoms with Crippen LogP contribution in [0.1, 0.15) is 10.4 Å². The van der Waals surface area contributed by atoms with E-state index in [0.717, 1.165) is 37.4 Å². The molecule has 2 atom stereocenters. The Labute approximate surface area is 146 Å². The van der Waals surface area contributed by atoms with Gasteiger partial charge in [-0.3, -0.25) is 9.59 Å². The molecule has 2 fully saturated rings. The normalized spacial score (nSPS) is 22.1. The number of hydrogen-bond donors (Lipinski definition) is 2. The molecule has 2 aliphatic heterocycles. The van der Waals surface area contributed by atoms with Gasteiger partial charge in [-0.2, -0.15) is 0 Å². The monoisotopic (exact) mass is 345 g/mol. The van der Waals surface area contributed by atoms with Crippen molar-refractivity contribution in [3.8, 4) is 11.3 Å². The molecule has 1 amide bonds. The Morgan fingerprint density at radius 3 is 2.29 bits per heavy atom. The molecule has 0 unspecified atom stereocenters. The first-order valence-electron chi connectivity index (χ1n) is 8.01. The molecule has 0 radical (unpaired) electrons. The molecular weight excluding hydrogens is 326 g/mol. The number of carbonyl (C=O) groups excluding carboxylic acids is 1. The van der Waals surface area contributed by atoms with Gasteiger partial charge >= 0.3 is 0 Å². The van der Waals surface area contributed by atoms with Gasteiger partial charge in [0, 0.05) is 31.9 Å². The van der Waals surface area contributed by atoms with Gasteiger partial charge in [-0.05, 0) is 29.5 Å². The van der Waals surface area contributed by atoms with E-state index in [4.69, 9.17) is 0 Å². The number of amides is 1. The summed E-state index contributed by atoms with van der Waals surface area (Å²) in [7, 11) is 0. The molecule has 1 aromatic heterocycles. The number of nitrogens with zero attached hydrogens (tertiary/aromatic N) is 1. The molecule has 0 aliphatic carbocycles. The smallest absolute Gasteiger partial charge is 0.261 e. The predicted molar refractivity (Wildman–Crippen MR) is 95.5 cm³/mol. The van der Waals surface area contributed by atoms with Gasteiger partial charge in [0.25, 0.3) is 11.5 Å². The van der Waals surface area contributed by atoms with Crippen molar-refractivity contribution in [2.75, 3.05) is 26.2 Å². The van der Waals surface area contributed by atoms with Gasteiger partial charge in [-0.1, -0.05) is 30.3 Å². The van der Waals surface area contributed by atoms with Crippen LogP contribution in [-0.2, 0) is 0 Å². The van der Waals surface area contributed by atoms with Crippen molar-refractivity contribution in [2.24, 2.45) is 11.8 Å². The van der Waals surface area contributed by atoms with E-state index >= 15 is 0 Å². The first-order valence-corrected chi connectivity index (χ1v) is 8.01. The largest absolute Gasteiger partial charge is 0.338 e. The zero-order valence-electron chi connectivity index (χ0n) is 13.2. The van der Waals surface area contributed by atoms with Crippen molar-refractivity contribution in [3.05, 3.63) is 58.4 Å². The molecule has 4 rings (SSSR count). The zero-order chi connectivity index (χ0) is 15.8. The minimum atomic E-state index is -0.313. The van der Waals surface area contributed by atoms with Crippen LogP contribution in [0, 0.1) is 11.8 Å². The molecular formula is C18H20ClN3O2. The van der Waals surface area contributed by atoms with E-state index in [1.807, 2.05) is 41.3 Å². The van der Waals surface area contributed by atoms with Crippen molar-refractivity contribution in [1.29, 1.82) is 0 Å². The number of fused-ring (bicyclic) bond motifs is 1. The molecule has 0 bridgehead atoms. The fourth-order valence-electron chi connectivity index (χ4n) is 3.62. The average molecular weight is 346 g/mol. The van der Waals surface area contributed by atoms with Crippen molar-refractivity contribution >= 4 is 18.3 Å². The molecule has 5 nitrogen and oxygen atoms in total. The number of pyridine rings is 1. The third-order valence-corrected chi connectivity index (χ3v) is 4.90. The lowest BCUT2D eigenvalue weighted by atomic mass is 10.0. The molecule has 6 heteroatoms. The van der Waals surface area contributed by atoms with E-state index in [-0.39, 0.29) is 29.4 Å². The van der Waals surface area contributed by atoms with Crippen molar-refractivity contribution in [2.45, 2.75) is 0 Å². The average Bonchev–Trinajstić information content (AvgIpc) is 3.16. The molecule has 2 aliphatic rings. The van der Waals surface area contributed by atoms with Gasteiger partial charge in [0.2, 0.25) is 0 Å². The first kappa shape index (κ1) is 16.7. The summed E-state index contributed by atoms with van der Waals surface area (Å²) >= 11 is 0. The number of aromatic nitrogens is 1. The van der Waals surface area contributed by atoms with E-state index in [0.29, 0.717) is 11.8 Å². The van der Waals surface area contributed by atoms with Crippen LogP contribution in [0.25, 0.3) is 11.3 Å². The molecule has 24 heavy (non-hydrogen) atoms. The topological polar surface area (TPSA) is 65.2 Å². The van der Waals surface area contributed by atoms with Crippen LogP contribution in [0.15, 0.2) is 47.3 Å². The van der Waals surface area contributed by atoms with Gasteiger partial charge in [0.05, 0.1) is 0 Å². The second kappa shape index (κ2) is 6.79. The third-order valence-electron chi connectivity index (χ3n) is 4.90. The number of benzene rings is 1. The number of H-pyrrole nitrogens is 1. The maximum absolute atomic E-state index is 12.6. The van der Waals surface area contributed by atoms with Gasteiger partial charge in [0.15, 0.2) is 0 Å². The third kappa shape index (κ3) is 2.97. The molecule has 0 spiro atoms. The van der Waals surface area contributed by atoms with Crippen LogP contribution in [0.5, 0.6) is 0 Å². The lowest BCUT2D eigenvalue weighted by molar-refractivity contribution is 0.0780. The Morgan fingerprint density at radius 1 is 1.00 bits per heavy atom. The quantitative estimate of drug-likeness (QED) is 0.871. The highest BCUT2D eigenvalue weighted by Crippen LogP contribution is 2.27. The van der Waals surface area contributed by atoms with Crippen LogP contribution in [-0.4, -0.2) is 42.0 Å². The molecule has 2 saturated heterocycles. The molecule has 126 valence electrons. The lowest BCUT2D eigenvalue weighted by Crippen LogP contribution is -2.35. The zero-order valence-corrected chi connectivity index (χ0v) is 14.0. The standard InChI is InChI=1S/C18H19N3O2.ClH/c22-17-15(6-7-16(20-17)12-4-2-1-3-5-12)18(23)21-10-13-8-19-9-14(13)11-21;/h1-7,13-14,19H,8-11H2,(H,20,22);1H/t13-,14+;. The minimum Gasteiger partial charge on any atom is -0.338 e. The predicted octanol–water partition coefficient (Wildman–Crippen LogP) is 1.76. The number of rotatable bonds is 2. The minimum absolute atomic E-state index is 0. The Kier molecular flexibility index (Phi) is 4.73. The van der Waals surface area contributed by atoms with E-state index < -0.39 is 0 Å². The number of aromatic amines is 1. The van der Waals surface area contributed by atoms with Gasteiger partial charge < -0.3 is 15.2 Å². The van der Waals surface area contributed by atoms with Gasteiger partial charge in [-0.15, -0.1) is 12.4 Å². The highest BCUT2D eigenvalue weighted by Gasteiger charge is 2.38. The summed E-state index contributed by atoms with van der Waals surface area (Å²) in [6.45, 7) is 3.43. The van der Waals surface area contributed by atoms with Gasteiger partial charge in [-0.25, -0.2) is 0 Å². The summed E-state index contributed by atoms with van der Waals surface area (Å²) in [4.78, 5) is 29.6.